The molecule has 0 heterocycles. The van der Waals surface area contributed by atoms with Crippen LogP contribution >= 0.6 is 0 Å². The normalized spacial score (nSPS) is 9.89. The fraction of sp³-hybridized carbons (Fsp3) is 0.111. The molecule has 10 heteroatoms. The highest BCUT2D eigenvalue weighted by molar-refractivity contribution is 6.32. The lowest BCUT2D eigenvalue weighted by molar-refractivity contribution is -0.396. The monoisotopic (exact) mass is 269 g/mol. The number of rotatable bonds is 5. The second-order valence-corrected chi connectivity index (χ2v) is 3.38. The Kier molecular flexibility index (Phi) is 3.75. The standard InChI is InChI=1S/C9H6N2O8/c12-7(9(14)15)3-4-1-5(10(16)17)8(13)6(2-4)11(18)19/h1-2,13H,3H2,(H,14,15)/p-1. The Hall–Kier alpha value is -3.04. The number of ketones is 1. The van der Waals surface area contributed by atoms with Crippen LogP contribution in [-0.4, -0.2) is 26.7 Å². The minimum Gasteiger partial charge on any atom is -0.542 e. The third-order valence-electron chi connectivity index (χ3n) is 2.12. The Morgan fingerprint density at radius 2 is 1.53 bits per heavy atom. The molecule has 0 bridgehead atoms. The number of aliphatic carboxylic acids is 1. The van der Waals surface area contributed by atoms with Crippen LogP contribution in [0.5, 0.6) is 5.75 Å². The predicted molar refractivity (Wildman–Crippen MR) is 55.1 cm³/mol. The number of Topliss-reactive ketones (excluding diaryl/α,β-unsaturated/α-hetero) is 1. The zero-order chi connectivity index (χ0) is 14.7. The molecule has 0 aromatic heterocycles. The molecule has 0 saturated heterocycles. The highest BCUT2D eigenvalue weighted by Gasteiger charge is 2.26. The maximum absolute atomic E-state index is 10.9. The SMILES string of the molecule is O=C([O-])C(=O)Cc1cc([N+](=O)[O-])c(O)c([N+](=O)[O-])c1. The minimum atomic E-state index is -2.02. The predicted octanol–water partition coefficient (Wildman–Crippen LogP) is -0.930. The van der Waals surface area contributed by atoms with E-state index in [-0.39, 0.29) is 5.56 Å². The molecule has 100 valence electrons. The summed E-state index contributed by atoms with van der Waals surface area (Å²) in [6, 6.07) is 1.37. The van der Waals surface area contributed by atoms with Gasteiger partial charge in [-0.1, -0.05) is 0 Å². The van der Waals surface area contributed by atoms with Crippen LogP contribution in [0.4, 0.5) is 11.4 Å². The molecule has 0 fully saturated rings. The van der Waals surface area contributed by atoms with Gasteiger partial charge >= 0.3 is 11.4 Å². The Morgan fingerprint density at radius 3 is 1.84 bits per heavy atom. The lowest BCUT2D eigenvalue weighted by Gasteiger charge is -2.04. The maximum Gasteiger partial charge on any atom is 0.318 e. The number of carboxylic acids is 1. The lowest BCUT2D eigenvalue weighted by Crippen LogP contribution is -2.32. The van der Waals surface area contributed by atoms with Gasteiger partial charge in [0, 0.05) is 18.6 Å². The number of nitrogens with zero attached hydrogens (tertiary/aromatic N) is 2. The number of carbonyl (C=O) groups is 2. The molecule has 1 rings (SSSR count). The molecule has 1 aromatic carbocycles. The van der Waals surface area contributed by atoms with Crippen molar-refractivity contribution in [3.63, 3.8) is 0 Å². The van der Waals surface area contributed by atoms with Gasteiger partial charge in [0.2, 0.25) is 0 Å². The van der Waals surface area contributed by atoms with Gasteiger partial charge in [-0.05, 0) is 5.56 Å². The second-order valence-electron chi connectivity index (χ2n) is 3.38. The highest BCUT2D eigenvalue weighted by Crippen LogP contribution is 2.36. The summed E-state index contributed by atoms with van der Waals surface area (Å²) in [6.07, 6.45) is -0.815. The molecule has 1 N–H and O–H groups in total. The molecule has 0 spiro atoms. The topological polar surface area (TPSA) is 164 Å². The summed E-state index contributed by atoms with van der Waals surface area (Å²) in [7, 11) is 0. The van der Waals surface area contributed by atoms with E-state index in [9.17, 15) is 40.0 Å². The number of phenols is 1. The van der Waals surface area contributed by atoms with Gasteiger partial charge < -0.3 is 15.0 Å². The van der Waals surface area contributed by atoms with Crippen LogP contribution in [0, 0.1) is 20.2 Å². The van der Waals surface area contributed by atoms with Gasteiger partial charge in [0.15, 0.2) is 5.78 Å². The van der Waals surface area contributed by atoms with Crippen molar-refractivity contribution in [1.29, 1.82) is 0 Å². The van der Waals surface area contributed by atoms with E-state index in [1.807, 2.05) is 0 Å². The van der Waals surface area contributed by atoms with Crippen molar-refractivity contribution in [3.8, 4) is 5.75 Å². The van der Waals surface area contributed by atoms with Gasteiger partial charge in [0.25, 0.3) is 5.75 Å². The van der Waals surface area contributed by atoms with Crippen molar-refractivity contribution < 1.29 is 29.6 Å². The molecular formula is C9H5N2O8-. The highest BCUT2D eigenvalue weighted by atomic mass is 16.6. The van der Waals surface area contributed by atoms with Crippen LogP contribution in [0.1, 0.15) is 5.56 Å². The van der Waals surface area contributed by atoms with E-state index < -0.39 is 45.1 Å². The van der Waals surface area contributed by atoms with E-state index in [1.165, 1.54) is 0 Å². The Balaban J connectivity index is 3.34. The summed E-state index contributed by atoms with van der Waals surface area (Å²) in [5.74, 6) is -4.58. The molecule has 10 nitrogen and oxygen atoms in total. The minimum absolute atomic E-state index is 0.287. The van der Waals surface area contributed by atoms with Crippen molar-refractivity contribution >= 4 is 23.1 Å². The smallest absolute Gasteiger partial charge is 0.318 e. The van der Waals surface area contributed by atoms with Crippen LogP contribution in [0.15, 0.2) is 12.1 Å². The molecule has 1 aromatic rings. The molecule has 0 aliphatic rings. The molecule has 0 aliphatic carbocycles. The summed E-state index contributed by atoms with van der Waals surface area (Å²) in [5.41, 5.74) is -2.27. The third-order valence-corrected chi connectivity index (χ3v) is 2.12. The van der Waals surface area contributed by atoms with Gasteiger partial charge in [-0.15, -0.1) is 0 Å². The van der Waals surface area contributed by atoms with Gasteiger partial charge in [0.1, 0.15) is 5.97 Å². The fourth-order valence-corrected chi connectivity index (χ4v) is 1.30. The van der Waals surface area contributed by atoms with Gasteiger partial charge in [-0.2, -0.15) is 0 Å². The van der Waals surface area contributed by atoms with E-state index in [0.29, 0.717) is 12.1 Å². The maximum atomic E-state index is 10.9. The van der Waals surface area contributed by atoms with E-state index in [0.717, 1.165) is 0 Å². The molecule has 0 radical (unpaired) electrons. The van der Waals surface area contributed by atoms with Crippen molar-refractivity contribution in [2.24, 2.45) is 0 Å². The van der Waals surface area contributed by atoms with Crippen LogP contribution in [0.3, 0.4) is 0 Å². The number of carbonyl (C=O) groups excluding carboxylic acids is 2. The first kappa shape index (κ1) is 14.0. The summed E-state index contributed by atoms with van der Waals surface area (Å²) >= 11 is 0. The zero-order valence-corrected chi connectivity index (χ0v) is 9.06. The fourth-order valence-electron chi connectivity index (χ4n) is 1.30. The number of nitro groups is 2. The quantitative estimate of drug-likeness (QED) is 0.406. The van der Waals surface area contributed by atoms with Gasteiger partial charge in [-0.25, -0.2) is 0 Å². The van der Waals surface area contributed by atoms with Crippen LogP contribution < -0.4 is 5.11 Å². The average Bonchev–Trinajstić information content (AvgIpc) is 2.30. The van der Waals surface area contributed by atoms with E-state index in [4.69, 9.17) is 0 Å². The van der Waals surface area contributed by atoms with Gasteiger partial charge in [-0.3, -0.25) is 25.0 Å². The van der Waals surface area contributed by atoms with Crippen molar-refractivity contribution in [2.45, 2.75) is 6.42 Å². The first-order valence-corrected chi connectivity index (χ1v) is 4.63. The summed E-state index contributed by atoms with van der Waals surface area (Å²) < 4.78 is 0. The zero-order valence-electron chi connectivity index (χ0n) is 9.06. The Morgan fingerprint density at radius 1 is 1.11 bits per heavy atom. The van der Waals surface area contributed by atoms with E-state index in [2.05, 4.69) is 0 Å². The van der Waals surface area contributed by atoms with E-state index >= 15 is 0 Å². The summed E-state index contributed by atoms with van der Waals surface area (Å²) in [5, 5.41) is 40.7. The number of benzene rings is 1. The number of nitro benzene ring substituents is 2. The van der Waals surface area contributed by atoms with Gasteiger partial charge in [0.05, 0.1) is 9.85 Å². The van der Waals surface area contributed by atoms with Crippen molar-refractivity contribution in [2.75, 3.05) is 0 Å². The molecule has 0 aliphatic heterocycles. The summed E-state index contributed by atoms with van der Waals surface area (Å²) in [4.78, 5) is 40.1. The van der Waals surface area contributed by atoms with Crippen molar-refractivity contribution in [3.05, 3.63) is 37.9 Å². The number of carboxylic acid groups (broad SMARTS) is 1. The molecule has 0 amide bonds. The Bertz CT molecular complexity index is 559. The second kappa shape index (κ2) is 5.08. The Labute approximate surface area is 104 Å². The molecule has 0 saturated carbocycles. The molecule has 0 unspecified atom stereocenters. The first-order chi connectivity index (χ1) is 8.73. The number of aromatic hydroxyl groups is 1. The van der Waals surface area contributed by atoms with Crippen molar-refractivity contribution in [1.82, 2.24) is 0 Å². The average molecular weight is 269 g/mol. The van der Waals surface area contributed by atoms with Crippen LogP contribution in [-0.2, 0) is 16.0 Å². The number of hydrogen-bond donors (Lipinski definition) is 1. The van der Waals surface area contributed by atoms with Crippen LogP contribution in [0.25, 0.3) is 0 Å². The third kappa shape index (κ3) is 3.00. The molecule has 19 heavy (non-hydrogen) atoms. The van der Waals surface area contributed by atoms with E-state index in [1.54, 1.807) is 0 Å². The number of phenolic OH excluding ortho intramolecular Hbond substituents is 1. The molecule has 0 atom stereocenters. The summed E-state index contributed by atoms with van der Waals surface area (Å²) in [6.45, 7) is 0. The first-order valence-electron chi connectivity index (χ1n) is 4.63. The number of hydrogen-bond acceptors (Lipinski definition) is 8. The van der Waals surface area contributed by atoms with Crippen LogP contribution in [0.2, 0.25) is 0 Å². The lowest BCUT2D eigenvalue weighted by atomic mass is 10.1. The molecular weight excluding hydrogens is 264 g/mol. The largest absolute Gasteiger partial charge is 0.542 e.